The van der Waals surface area contributed by atoms with Crippen molar-refractivity contribution in [1.82, 2.24) is 4.98 Å². The maximum Gasteiger partial charge on any atom is 0.298 e. The molecule has 3 aromatic rings. The number of hydrogen-bond acceptors (Lipinski definition) is 5. The number of rotatable bonds is 6. The third-order valence-corrected chi connectivity index (χ3v) is 3.75. The van der Waals surface area contributed by atoms with Crippen LogP contribution < -0.4 is 9.64 Å². The summed E-state index contributed by atoms with van der Waals surface area (Å²) in [5.41, 5.74) is 2.24. The van der Waals surface area contributed by atoms with Gasteiger partial charge >= 0.3 is 0 Å². The molecular weight excluding hydrogens is 292 g/mol. The van der Waals surface area contributed by atoms with Crippen molar-refractivity contribution >= 4 is 23.4 Å². The number of benzene rings is 2. The number of aldehydes is 1. The van der Waals surface area contributed by atoms with Crippen molar-refractivity contribution in [3.8, 4) is 5.75 Å². The number of fused-ring (bicyclic) bond motifs is 1. The van der Waals surface area contributed by atoms with Crippen molar-refractivity contribution in [3.05, 3.63) is 54.1 Å². The Bertz CT molecular complexity index is 762. The largest absolute Gasteiger partial charge is 0.491 e. The summed E-state index contributed by atoms with van der Waals surface area (Å²) in [6.45, 7) is 2.52. The zero-order valence-electron chi connectivity index (χ0n) is 13.1. The van der Waals surface area contributed by atoms with E-state index in [-0.39, 0.29) is 6.04 Å². The average Bonchev–Trinajstić information content (AvgIpc) is 3.03. The molecule has 0 N–H and O–H groups in total. The normalized spacial score (nSPS) is 12.1. The number of hydrogen-bond donors (Lipinski definition) is 0. The van der Waals surface area contributed by atoms with Gasteiger partial charge in [-0.25, -0.2) is 0 Å². The van der Waals surface area contributed by atoms with Crippen molar-refractivity contribution in [2.75, 3.05) is 18.6 Å². The first kappa shape index (κ1) is 15.1. The minimum absolute atomic E-state index is 0.0776. The minimum atomic E-state index is 0.0776. The van der Waals surface area contributed by atoms with Crippen LogP contribution >= 0.6 is 0 Å². The van der Waals surface area contributed by atoms with Gasteiger partial charge in [-0.15, -0.1) is 0 Å². The first-order valence-corrected chi connectivity index (χ1v) is 7.44. The van der Waals surface area contributed by atoms with Crippen molar-refractivity contribution in [1.29, 1.82) is 0 Å². The first-order valence-electron chi connectivity index (χ1n) is 7.44. The van der Waals surface area contributed by atoms with E-state index in [1.165, 1.54) is 0 Å². The Kier molecular flexibility index (Phi) is 4.28. The zero-order valence-corrected chi connectivity index (χ0v) is 13.1. The van der Waals surface area contributed by atoms with E-state index in [4.69, 9.17) is 9.15 Å². The molecule has 5 nitrogen and oxygen atoms in total. The fourth-order valence-electron chi connectivity index (χ4n) is 2.17. The van der Waals surface area contributed by atoms with Gasteiger partial charge in [-0.3, -0.25) is 4.79 Å². The molecule has 1 heterocycles. The lowest BCUT2D eigenvalue weighted by Gasteiger charge is -2.23. The van der Waals surface area contributed by atoms with Crippen LogP contribution in [0.5, 0.6) is 5.75 Å². The Morgan fingerprint density at radius 1 is 1.22 bits per heavy atom. The van der Waals surface area contributed by atoms with Crippen molar-refractivity contribution in [3.63, 3.8) is 0 Å². The molecule has 0 bridgehead atoms. The number of oxazole rings is 1. The van der Waals surface area contributed by atoms with Crippen LogP contribution in [0, 0.1) is 0 Å². The maximum absolute atomic E-state index is 10.6. The molecule has 23 heavy (non-hydrogen) atoms. The number of anilines is 1. The van der Waals surface area contributed by atoms with Gasteiger partial charge in [0, 0.05) is 12.6 Å². The number of carbonyl (C=O) groups is 1. The third kappa shape index (κ3) is 3.34. The van der Waals surface area contributed by atoms with Crippen LogP contribution in [0.2, 0.25) is 0 Å². The summed E-state index contributed by atoms with van der Waals surface area (Å²) in [6, 6.07) is 15.4. The number of ether oxygens (including phenoxy) is 1. The number of nitrogens with zero attached hydrogens (tertiary/aromatic N) is 2. The second-order valence-electron chi connectivity index (χ2n) is 5.42. The summed E-state index contributed by atoms with van der Waals surface area (Å²) < 4.78 is 11.5. The smallest absolute Gasteiger partial charge is 0.298 e. The average molecular weight is 310 g/mol. The molecule has 0 aliphatic rings. The standard InChI is InChI=1S/C18H18N2O3/c1-13(12-22-15-9-7-14(11-21)8-10-15)20(2)18-19-16-5-3-4-6-17(16)23-18/h3-11,13H,12H2,1-2H3. The van der Waals surface area contributed by atoms with Gasteiger partial charge in [-0.05, 0) is 43.3 Å². The van der Waals surface area contributed by atoms with Gasteiger partial charge in [0.2, 0.25) is 0 Å². The second kappa shape index (κ2) is 6.52. The summed E-state index contributed by atoms with van der Waals surface area (Å²) in [7, 11) is 1.92. The molecule has 0 saturated carbocycles. The molecule has 0 spiro atoms. The number of likely N-dealkylation sites (N-methyl/N-ethyl adjacent to an activating group) is 1. The van der Waals surface area contributed by atoms with Gasteiger partial charge < -0.3 is 14.1 Å². The Morgan fingerprint density at radius 2 is 1.96 bits per heavy atom. The van der Waals surface area contributed by atoms with Gasteiger partial charge in [0.1, 0.15) is 24.2 Å². The summed E-state index contributed by atoms with van der Waals surface area (Å²) in [6.07, 6.45) is 0.813. The van der Waals surface area contributed by atoms with E-state index in [1.807, 2.05) is 43.1 Å². The molecule has 0 fully saturated rings. The Balaban J connectivity index is 1.64. The summed E-state index contributed by atoms with van der Waals surface area (Å²) in [5.74, 6) is 0.730. The van der Waals surface area contributed by atoms with Gasteiger partial charge in [0.15, 0.2) is 5.58 Å². The van der Waals surface area contributed by atoms with Crippen LogP contribution in [0.15, 0.2) is 52.9 Å². The lowest BCUT2D eigenvalue weighted by Crippen LogP contribution is -2.34. The molecule has 2 aromatic carbocycles. The van der Waals surface area contributed by atoms with E-state index in [1.54, 1.807) is 24.3 Å². The molecule has 118 valence electrons. The SMILES string of the molecule is CC(COc1ccc(C=O)cc1)N(C)c1nc2ccccc2o1. The Morgan fingerprint density at radius 3 is 2.65 bits per heavy atom. The molecule has 1 aromatic heterocycles. The van der Waals surface area contributed by atoms with E-state index in [0.29, 0.717) is 18.2 Å². The molecule has 0 radical (unpaired) electrons. The first-order chi connectivity index (χ1) is 11.2. The Hall–Kier alpha value is -2.82. The molecule has 1 unspecified atom stereocenters. The molecule has 0 aliphatic carbocycles. The van der Waals surface area contributed by atoms with Gasteiger partial charge in [0.25, 0.3) is 6.01 Å². The van der Waals surface area contributed by atoms with Gasteiger partial charge in [-0.1, -0.05) is 12.1 Å². The second-order valence-corrected chi connectivity index (χ2v) is 5.42. The topological polar surface area (TPSA) is 55.6 Å². The van der Waals surface area contributed by atoms with E-state index in [2.05, 4.69) is 4.98 Å². The molecule has 3 rings (SSSR count). The van der Waals surface area contributed by atoms with Crippen molar-refractivity contribution < 1.29 is 13.9 Å². The monoisotopic (exact) mass is 310 g/mol. The van der Waals surface area contributed by atoms with E-state index >= 15 is 0 Å². The van der Waals surface area contributed by atoms with Crippen LogP contribution in [-0.4, -0.2) is 31.0 Å². The molecule has 1 atom stereocenters. The molecule has 0 saturated heterocycles. The summed E-state index contributed by atoms with van der Waals surface area (Å²) >= 11 is 0. The van der Waals surface area contributed by atoms with Crippen molar-refractivity contribution in [2.24, 2.45) is 0 Å². The molecule has 0 amide bonds. The van der Waals surface area contributed by atoms with Gasteiger partial charge in [-0.2, -0.15) is 4.98 Å². The lowest BCUT2D eigenvalue weighted by molar-refractivity contribution is 0.112. The summed E-state index contributed by atoms with van der Waals surface area (Å²) in [4.78, 5) is 17.1. The highest BCUT2D eigenvalue weighted by Crippen LogP contribution is 2.22. The maximum atomic E-state index is 10.6. The lowest BCUT2D eigenvalue weighted by atomic mass is 10.2. The van der Waals surface area contributed by atoms with E-state index < -0.39 is 0 Å². The zero-order chi connectivity index (χ0) is 16.2. The van der Waals surface area contributed by atoms with Crippen LogP contribution in [0.4, 0.5) is 6.01 Å². The molecule has 0 aliphatic heterocycles. The third-order valence-electron chi connectivity index (χ3n) is 3.75. The highest BCUT2D eigenvalue weighted by Gasteiger charge is 2.16. The number of carbonyl (C=O) groups excluding carboxylic acids is 1. The van der Waals surface area contributed by atoms with Gasteiger partial charge in [0.05, 0.1) is 6.04 Å². The fraction of sp³-hybridized carbons (Fsp3) is 0.222. The highest BCUT2D eigenvalue weighted by molar-refractivity contribution is 5.75. The van der Waals surface area contributed by atoms with Crippen LogP contribution in [0.25, 0.3) is 11.1 Å². The van der Waals surface area contributed by atoms with E-state index in [9.17, 15) is 4.79 Å². The predicted octanol–water partition coefficient (Wildman–Crippen LogP) is 3.54. The number of para-hydroxylation sites is 2. The molecular formula is C18H18N2O3. The number of aromatic nitrogens is 1. The van der Waals surface area contributed by atoms with E-state index in [0.717, 1.165) is 23.1 Å². The minimum Gasteiger partial charge on any atom is -0.491 e. The van der Waals surface area contributed by atoms with Crippen LogP contribution in [0.3, 0.4) is 0 Å². The van der Waals surface area contributed by atoms with Crippen LogP contribution in [-0.2, 0) is 0 Å². The predicted molar refractivity (Wildman–Crippen MR) is 89.2 cm³/mol. The van der Waals surface area contributed by atoms with Crippen molar-refractivity contribution in [2.45, 2.75) is 13.0 Å². The van der Waals surface area contributed by atoms with Crippen LogP contribution in [0.1, 0.15) is 17.3 Å². The Labute approximate surface area is 134 Å². The summed E-state index contributed by atoms with van der Waals surface area (Å²) in [5, 5.41) is 0. The quantitative estimate of drug-likeness (QED) is 0.652. The fourth-order valence-corrected chi connectivity index (χ4v) is 2.17. The highest BCUT2D eigenvalue weighted by atomic mass is 16.5. The molecule has 5 heteroatoms.